The van der Waals surface area contributed by atoms with Crippen molar-refractivity contribution >= 4 is 0 Å². The number of hydrogen-bond acceptors (Lipinski definition) is 0. The lowest BCUT2D eigenvalue weighted by molar-refractivity contribution is 1.37. The molecule has 0 fully saturated rings. The van der Waals surface area contributed by atoms with Crippen LogP contribution in [0.2, 0.25) is 0 Å². The highest BCUT2D eigenvalue weighted by atomic mass is 13.9. The van der Waals surface area contributed by atoms with E-state index in [0.717, 1.165) is 0 Å². The van der Waals surface area contributed by atoms with Crippen LogP contribution in [0.5, 0.6) is 0 Å². The van der Waals surface area contributed by atoms with Crippen molar-refractivity contribution in [2.75, 3.05) is 0 Å². The van der Waals surface area contributed by atoms with Crippen LogP contribution in [0, 0.1) is 0 Å². The van der Waals surface area contributed by atoms with Crippen LogP contribution in [0.15, 0.2) is 60.8 Å². The second-order valence-electron chi connectivity index (χ2n) is 2.56. The van der Waals surface area contributed by atoms with Gasteiger partial charge in [-0.15, -0.1) is 0 Å². The molecule has 0 atom stereocenters. The quantitative estimate of drug-likeness (QED) is 0.549. The summed E-state index contributed by atoms with van der Waals surface area (Å²) < 4.78 is 0. The molecule has 0 aromatic rings. The fourth-order valence-corrected chi connectivity index (χ4v) is 0.688. The number of allylic oxidation sites excluding steroid dienone is 8. The highest BCUT2D eigenvalue weighted by molar-refractivity contribution is 5.32. The summed E-state index contributed by atoms with van der Waals surface area (Å²) in [4.78, 5) is 0. The number of rotatable bonds is 4. The Bertz CT molecular complexity index is 211. The lowest BCUT2D eigenvalue weighted by Gasteiger charge is -1.95. The second-order valence-corrected chi connectivity index (χ2v) is 2.56. The predicted molar refractivity (Wildman–Crippen MR) is 57.0 cm³/mol. The molecule has 0 aromatic carbocycles. The summed E-state index contributed by atoms with van der Waals surface area (Å²) >= 11 is 0. The van der Waals surface area contributed by atoms with Gasteiger partial charge in [0.25, 0.3) is 0 Å². The third kappa shape index (κ3) is 4.51. The third-order valence-electron chi connectivity index (χ3n) is 1.59. The maximum Gasteiger partial charge on any atom is -0.0395 e. The third-order valence-corrected chi connectivity index (χ3v) is 1.59. The summed E-state index contributed by atoms with van der Waals surface area (Å²) in [5.41, 5.74) is 2.49. The lowest BCUT2D eigenvalue weighted by Crippen LogP contribution is -1.74. The Morgan fingerprint density at radius 3 is 1.42 bits per heavy atom. The van der Waals surface area contributed by atoms with E-state index in [4.69, 9.17) is 0 Å². The zero-order valence-corrected chi connectivity index (χ0v) is 7.88. The molecular formula is C12H16. The Kier molecular flexibility index (Phi) is 5.72. The summed E-state index contributed by atoms with van der Waals surface area (Å²) in [6.45, 7) is 11.4. The zero-order chi connectivity index (χ0) is 9.40. The smallest absolute Gasteiger partial charge is 0.0395 e. The van der Waals surface area contributed by atoms with Gasteiger partial charge in [-0.3, -0.25) is 0 Å². The summed E-state index contributed by atoms with van der Waals surface area (Å²) in [7, 11) is 0. The van der Waals surface area contributed by atoms with E-state index < -0.39 is 0 Å². The van der Waals surface area contributed by atoms with Gasteiger partial charge in [0.15, 0.2) is 0 Å². The largest absolute Gasteiger partial charge is 0.0991 e. The maximum absolute atomic E-state index is 3.61. The number of hydrogen-bond donors (Lipinski definition) is 0. The molecule has 0 saturated carbocycles. The van der Waals surface area contributed by atoms with Crippen LogP contribution in [0.25, 0.3) is 0 Å². The summed E-state index contributed by atoms with van der Waals surface area (Å²) in [5.74, 6) is 0. The predicted octanol–water partition coefficient (Wildman–Crippen LogP) is 3.81. The molecular weight excluding hydrogens is 144 g/mol. The zero-order valence-electron chi connectivity index (χ0n) is 7.88. The molecule has 0 N–H and O–H groups in total. The molecule has 0 rings (SSSR count). The normalized spacial score (nSPS) is 13.5. The average molecular weight is 160 g/mol. The van der Waals surface area contributed by atoms with Gasteiger partial charge in [-0.25, -0.2) is 0 Å². The minimum Gasteiger partial charge on any atom is -0.0991 e. The van der Waals surface area contributed by atoms with Gasteiger partial charge in [-0.05, 0) is 25.0 Å². The molecule has 0 unspecified atom stereocenters. The van der Waals surface area contributed by atoms with Gasteiger partial charge in [0.05, 0.1) is 0 Å². The van der Waals surface area contributed by atoms with Crippen molar-refractivity contribution in [3.8, 4) is 0 Å². The van der Waals surface area contributed by atoms with Crippen molar-refractivity contribution in [2.45, 2.75) is 13.8 Å². The van der Waals surface area contributed by atoms with E-state index in [2.05, 4.69) is 27.0 Å². The van der Waals surface area contributed by atoms with Crippen LogP contribution >= 0.6 is 0 Å². The minimum absolute atomic E-state index is 1.24. The highest BCUT2D eigenvalue weighted by Gasteiger charge is 1.85. The van der Waals surface area contributed by atoms with Gasteiger partial charge in [0.2, 0.25) is 0 Å². The first-order valence-electron chi connectivity index (χ1n) is 3.98. The highest BCUT2D eigenvalue weighted by Crippen LogP contribution is 2.06. The fraction of sp³-hybridized carbons (Fsp3) is 0.167. The molecule has 0 spiro atoms. The van der Waals surface area contributed by atoms with Crippen LogP contribution in [0.4, 0.5) is 0 Å². The Labute approximate surface area is 75.3 Å². The van der Waals surface area contributed by atoms with Crippen molar-refractivity contribution in [2.24, 2.45) is 0 Å². The van der Waals surface area contributed by atoms with Crippen molar-refractivity contribution in [1.29, 1.82) is 0 Å². The van der Waals surface area contributed by atoms with Crippen LogP contribution in [-0.2, 0) is 0 Å². The van der Waals surface area contributed by atoms with Gasteiger partial charge in [-0.2, -0.15) is 0 Å². The SMILES string of the molecule is C=C\C=C/C(C)=C(C)\C=C/C=C. The Balaban J connectivity index is 4.44. The van der Waals surface area contributed by atoms with Gasteiger partial charge in [-0.1, -0.05) is 49.6 Å². The minimum atomic E-state index is 1.24. The monoisotopic (exact) mass is 160 g/mol. The molecule has 12 heavy (non-hydrogen) atoms. The summed E-state index contributed by atoms with van der Waals surface area (Å²) in [6.07, 6.45) is 11.5. The van der Waals surface area contributed by atoms with E-state index in [1.54, 1.807) is 12.2 Å². The van der Waals surface area contributed by atoms with Gasteiger partial charge in [0, 0.05) is 0 Å². The van der Waals surface area contributed by atoms with E-state index in [1.165, 1.54) is 11.1 Å². The van der Waals surface area contributed by atoms with Crippen LogP contribution < -0.4 is 0 Å². The Morgan fingerprint density at radius 2 is 1.17 bits per heavy atom. The van der Waals surface area contributed by atoms with Crippen LogP contribution in [0.1, 0.15) is 13.8 Å². The molecule has 0 aliphatic carbocycles. The first-order valence-corrected chi connectivity index (χ1v) is 3.98. The molecule has 0 nitrogen and oxygen atoms in total. The van der Waals surface area contributed by atoms with E-state index in [9.17, 15) is 0 Å². The molecule has 0 aromatic heterocycles. The molecule has 0 heterocycles. The molecule has 0 saturated heterocycles. The standard InChI is InChI=1S/C12H16/c1-5-7-9-11(3)12(4)10-8-6-2/h5-10H,1-2H2,3-4H3/b9-7-,10-8-,12-11-. The average Bonchev–Trinajstić information content (AvgIpc) is 2.10. The summed E-state index contributed by atoms with van der Waals surface area (Å²) in [6, 6.07) is 0. The van der Waals surface area contributed by atoms with Crippen LogP contribution in [-0.4, -0.2) is 0 Å². The van der Waals surface area contributed by atoms with Crippen molar-refractivity contribution in [3.63, 3.8) is 0 Å². The maximum atomic E-state index is 3.61. The van der Waals surface area contributed by atoms with E-state index >= 15 is 0 Å². The molecule has 0 aliphatic heterocycles. The lowest BCUT2D eigenvalue weighted by atomic mass is 10.1. The molecule has 0 aliphatic rings. The summed E-state index contributed by atoms with van der Waals surface area (Å²) in [5, 5.41) is 0. The first kappa shape index (κ1) is 10.7. The van der Waals surface area contributed by atoms with Crippen molar-refractivity contribution in [3.05, 3.63) is 60.8 Å². The second kappa shape index (κ2) is 6.41. The molecule has 0 heteroatoms. The van der Waals surface area contributed by atoms with Crippen LogP contribution in [0.3, 0.4) is 0 Å². The van der Waals surface area contributed by atoms with Crippen molar-refractivity contribution in [1.82, 2.24) is 0 Å². The molecule has 0 radical (unpaired) electrons. The van der Waals surface area contributed by atoms with Crippen molar-refractivity contribution < 1.29 is 0 Å². The van der Waals surface area contributed by atoms with E-state index in [-0.39, 0.29) is 0 Å². The molecule has 0 bridgehead atoms. The fourth-order valence-electron chi connectivity index (χ4n) is 0.688. The molecule has 0 amide bonds. The van der Waals surface area contributed by atoms with Gasteiger partial charge < -0.3 is 0 Å². The van der Waals surface area contributed by atoms with Gasteiger partial charge in [0.1, 0.15) is 0 Å². The Hall–Kier alpha value is -1.30. The molecule has 64 valence electrons. The topological polar surface area (TPSA) is 0 Å². The first-order chi connectivity index (χ1) is 5.72. The van der Waals surface area contributed by atoms with E-state index in [1.807, 2.05) is 24.3 Å². The Morgan fingerprint density at radius 1 is 0.833 bits per heavy atom. The van der Waals surface area contributed by atoms with Gasteiger partial charge >= 0.3 is 0 Å². The van der Waals surface area contributed by atoms with E-state index in [0.29, 0.717) is 0 Å².